The van der Waals surface area contributed by atoms with E-state index in [0.717, 1.165) is 94.8 Å². The number of benzene rings is 4. The van der Waals surface area contributed by atoms with Gasteiger partial charge in [-0.2, -0.15) is 0 Å². The molecule has 0 atom stereocenters. The van der Waals surface area contributed by atoms with Gasteiger partial charge in [0.25, 0.3) is 21.6 Å². The number of carbonyl (C=O) groups is 1. The molecule has 4 aromatic rings. The first-order valence-electron chi connectivity index (χ1n) is 20.5. The molecule has 1 aliphatic carbocycles. The summed E-state index contributed by atoms with van der Waals surface area (Å²) in [6, 6.07) is 24.2. The standard InChI is InChI=1S/C45H52Cl2N6O6S/c1-45(2)17-16-33(40(30-45)32-8-10-34(46)11-9-32)31-51-20-22-52(23-21-51)35-12-14-38(39(28-35)37-6-3-4-7-41(37)47)44(54)49-60(57,58)36-13-15-42(43(29-36)53(55)56)48-18-5-19-50-24-26-59-27-25-50/h3-4,6-15,28-29,48H,5,16-27,30-31H2,1-2H3,(H,49,54). The minimum atomic E-state index is -4.52. The van der Waals surface area contributed by atoms with E-state index in [9.17, 15) is 23.3 Å². The van der Waals surface area contributed by atoms with Gasteiger partial charge in [0.2, 0.25) is 0 Å². The van der Waals surface area contributed by atoms with E-state index in [1.165, 1.54) is 28.8 Å². The van der Waals surface area contributed by atoms with Crippen molar-refractivity contribution in [3.8, 4) is 11.1 Å². The van der Waals surface area contributed by atoms with Crippen molar-refractivity contribution < 1.29 is 22.9 Å². The van der Waals surface area contributed by atoms with Crippen LogP contribution in [0.5, 0.6) is 0 Å². The zero-order valence-electron chi connectivity index (χ0n) is 34.1. The molecule has 2 N–H and O–H groups in total. The maximum Gasteiger partial charge on any atom is 0.293 e. The molecule has 318 valence electrons. The number of nitrogens with one attached hydrogen (secondary N) is 2. The lowest BCUT2D eigenvalue weighted by Crippen LogP contribution is -2.47. The van der Waals surface area contributed by atoms with E-state index in [2.05, 4.69) is 50.7 Å². The zero-order valence-corrected chi connectivity index (χ0v) is 36.4. The summed E-state index contributed by atoms with van der Waals surface area (Å²) < 4.78 is 34.8. The summed E-state index contributed by atoms with van der Waals surface area (Å²) in [6.45, 7) is 13.1. The molecule has 0 spiro atoms. The van der Waals surface area contributed by atoms with E-state index < -0.39 is 31.4 Å². The second-order valence-electron chi connectivity index (χ2n) is 16.5. The van der Waals surface area contributed by atoms with Crippen LogP contribution in [0.3, 0.4) is 0 Å². The Morgan fingerprint density at radius 3 is 2.33 bits per heavy atom. The Morgan fingerprint density at radius 2 is 1.62 bits per heavy atom. The average molecular weight is 876 g/mol. The van der Waals surface area contributed by atoms with Crippen molar-refractivity contribution in [1.82, 2.24) is 14.5 Å². The molecule has 60 heavy (non-hydrogen) atoms. The number of amides is 1. The van der Waals surface area contributed by atoms with Gasteiger partial charge in [-0.25, -0.2) is 13.1 Å². The highest BCUT2D eigenvalue weighted by molar-refractivity contribution is 7.90. The number of piperazine rings is 1. The fourth-order valence-electron chi connectivity index (χ4n) is 8.29. The van der Waals surface area contributed by atoms with Crippen LogP contribution in [0.1, 0.15) is 55.5 Å². The first-order chi connectivity index (χ1) is 28.8. The van der Waals surface area contributed by atoms with Crippen LogP contribution in [0.2, 0.25) is 10.0 Å². The predicted octanol–water partition coefficient (Wildman–Crippen LogP) is 8.61. The third kappa shape index (κ3) is 10.7. The van der Waals surface area contributed by atoms with Crippen LogP contribution in [0.15, 0.2) is 95.4 Å². The molecule has 0 aromatic heterocycles. The molecule has 2 saturated heterocycles. The van der Waals surface area contributed by atoms with E-state index in [-0.39, 0.29) is 16.7 Å². The first kappa shape index (κ1) is 43.6. The normalized spacial score (nSPS) is 17.7. The largest absolute Gasteiger partial charge is 0.379 e. The lowest BCUT2D eigenvalue weighted by Gasteiger charge is -2.39. The van der Waals surface area contributed by atoms with Crippen molar-refractivity contribution in [1.29, 1.82) is 0 Å². The van der Waals surface area contributed by atoms with E-state index in [4.69, 9.17) is 27.9 Å². The van der Waals surface area contributed by atoms with E-state index in [1.807, 2.05) is 30.3 Å². The maximum absolute atomic E-state index is 13.9. The number of ether oxygens (including phenoxy) is 1. The fraction of sp³-hybridized carbons (Fsp3) is 0.400. The van der Waals surface area contributed by atoms with Gasteiger partial charge in [-0.15, -0.1) is 0 Å². The van der Waals surface area contributed by atoms with Gasteiger partial charge in [0.05, 0.1) is 23.0 Å². The summed E-state index contributed by atoms with van der Waals surface area (Å²) in [5.74, 6) is -0.880. The van der Waals surface area contributed by atoms with Crippen LogP contribution in [0, 0.1) is 15.5 Å². The number of halogens is 2. The van der Waals surface area contributed by atoms with E-state index >= 15 is 0 Å². The molecular weight excluding hydrogens is 824 g/mol. The SMILES string of the molecule is CC1(C)CCC(CN2CCN(c3ccc(C(=O)NS(=O)(=O)c4ccc(NCCCN5CCOCC5)c([N+](=O)[O-])c4)c(-c4ccccc4Cl)c3)CC2)=C(c2ccc(Cl)cc2)C1. The Balaban J connectivity index is 1.05. The molecule has 2 aliphatic heterocycles. The maximum atomic E-state index is 13.9. The highest BCUT2D eigenvalue weighted by Crippen LogP contribution is 2.43. The number of nitro benzene ring substituents is 1. The van der Waals surface area contributed by atoms with Gasteiger partial charge in [-0.3, -0.25) is 24.7 Å². The summed E-state index contributed by atoms with van der Waals surface area (Å²) in [4.78, 5) is 32.0. The quantitative estimate of drug-likeness (QED) is 0.0720. The number of morpholine rings is 1. The smallest absolute Gasteiger partial charge is 0.293 e. The van der Waals surface area contributed by atoms with Crippen molar-refractivity contribution in [3.63, 3.8) is 0 Å². The Labute approximate surface area is 362 Å². The van der Waals surface area contributed by atoms with Crippen LogP contribution in [-0.2, 0) is 14.8 Å². The van der Waals surface area contributed by atoms with Crippen LogP contribution < -0.4 is 14.9 Å². The van der Waals surface area contributed by atoms with Gasteiger partial charge >= 0.3 is 0 Å². The molecule has 0 bridgehead atoms. The molecule has 12 nitrogen and oxygen atoms in total. The minimum absolute atomic E-state index is 0.101. The Kier molecular flexibility index (Phi) is 13.8. The van der Waals surface area contributed by atoms with Gasteiger partial charge in [-0.1, -0.05) is 73.0 Å². The third-order valence-electron chi connectivity index (χ3n) is 11.7. The number of sulfonamides is 1. The number of nitro groups is 1. The van der Waals surface area contributed by atoms with Crippen molar-refractivity contribution in [3.05, 3.63) is 122 Å². The molecule has 2 heterocycles. The number of hydrogen-bond donors (Lipinski definition) is 2. The van der Waals surface area contributed by atoms with Gasteiger partial charge in [-0.05, 0) is 103 Å². The number of carbonyl (C=O) groups excluding carboxylic acids is 1. The Hall–Kier alpha value is -4.50. The topological polar surface area (TPSA) is 137 Å². The lowest BCUT2D eigenvalue weighted by molar-refractivity contribution is -0.384. The molecule has 0 radical (unpaired) electrons. The fourth-order valence-corrected chi connectivity index (χ4v) is 9.64. The third-order valence-corrected chi connectivity index (χ3v) is 13.6. The molecule has 3 aliphatic rings. The van der Waals surface area contributed by atoms with Crippen molar-refractivity contribution in [2.75, 3.05) is 82.3 Å². The second kappa shape index (κ2) is 19.0. The monoisotopic (exact) mass is 874 g/mol. The van der Waals surface area contributed by atoms with Crippen molar-refractivity contribution in [2.24, 2.45) is 5.41 Å². The molecule has 15 heteroatoms. The number of nitrogens with zero attached hydrogens (tertiary/aromatic N) is 4. The number of hydrogen-bond acceptors (Lipinski definition) is 10. The van der Waals surface area contributed by atoms with Gasteiger partial charge in [0, 0.05) is 85.3 Å². The molecule has 7 rings (SSSR count). The number of allylic oxidation sites excluding steroid dienone is 1. The van der Waals surface area contributed by atoms with Gasteiger partial charge in [0.15, 0.2) is 0 Å². The van der Waals surface area contributed by atoms with Crippen molar-refractivity contribution >= 4 is 61.8 Å². The first-order valence-corrected chi connectivity index (χ1v) is 22.7. The average Bonchev–Trinajstić information content (AvgIpc) is 3.23. The predicted molar refractivity (Wildman–Crippen MR) is 240 cm³/mol. The highest BCUT2D eigenvalue weighted by atomic mass is 35.5. The van der Waals surface area contributed by atoms with Crippen LogP contribution in [0.25, 0.3) is 16.7 Å². The number of rotatable bonds is 14. The molecule has 4 aromatic carbocycles. The summed E-state index contributed by atoms with van der Waals surface area (Å²) in [5, 5.41) is 16.3. The minimum Gasteiger partial charge on any atom is -0.379 e. The van der Waals surface area contributed by atoms with Crippen LogP contribution >= 0.6 is 23.2 Å². The van der Waals surface area contributed by atoms with Gasteiger partial charge in [0.1, 0.15) is 5.69 Å². The summed E-state index contributed by atoms with van der Waals surface area (Å²) >= 11 is 12.9. The summed E-state index contributed by atoms with van der Waals surface area (Å²) in [7, 11) is -4.52. The second-order valence-corrected chi connectivity index (χ2v) is 19.0. The molecule has 0 unspecified atom stereocenters. The number of anilines is 2. The van der Waals surface area contributed by atoms with Crippen LogP contribution in [-0.4, -0.2) is 101 Å². The zero-order chi connectivity index (χ0) is 42.4. The Morgan fingerprint density at radius 1 is 0.883 bits per heavy atom. The molecule has 1 amide bonds. The van der Waals surface area contributed by atoms with E-state index in [0.29, 0.717) is 35.9 Å². The highest BCUT2D eigenvalue weighted by Gasteiger charge is 2.30. The molecule has 2 fully saturated rings. The summed E-state index contributed by atoms with van der Waals surface area (Å²) in [5.41, 5.74) is 6.19. The van der Waals surface area contributed by atoms with Crippen LogP contribution in [0.4, 0.5) is 17.1 Å². The van der Waals surface area contributed by atoms with E-state index in [1.54, 1.807) is 24.3 Å². The lowest BCUT2D eigenvalue weighted by atomic mass is 9.72. The Bertz CT molecular complexity index is 2340. The molecular formula is C45H52Cl2N6O6S. The summed E-state index contributed by atoms with van der Waals surface area (Å²) in [6.07, 6.45) is 3.96. The van der Waals surface area contributed by atoms with Crippen molar-refractivity contribution in [2.45, 2.75) is 44.4 Å². The van der Waals surface area contributed by atoms with Gasteiger partial charge < -0.3 is 15.0 Å². The molecule has 0 saturated carbocycles.